The molecular formula is C23H28N2O4S. The summed E-state index contributed by atoms with van der Waals surface area (Å²) >= 11 is 5.47. The van der Waals surface area contributed by atoms with Crippen LogP contribution < -0.4 is 10.1 Å². The van der Waals surface area contributed by atoms with Crippen molar-refractivity contribution in [2.24, 2.45) is 0 Å². The fourth-order valence-corrected chi connectivity index (χ4v) is 2.97. The Labute approximate surface area is 183 Å². The largest absolute Gasteiger partial charge is 0.491 e. The standard InChI is InChI=1S/C23H28N2O4S/c1-4-28-21(26)14-15-25(16-18-8-6-5-7-9-18)23(30)24-22(27)19-10-12-20(13-11-19)29-17(2)3/h5-13,17H,4,14-16H2,1-3H3,(H,24,27,30). The van der Waals surface area contributed by atoms with Gasteiger partial charge in [-0.1, -0.05) is 30.3 Å². The van der Waals surface area contributed by atoms with E-state index in [1.165, 1.54) is 0 Å². The number of carbonyl (C=O) groups is 2. The molecule has 0 saturated carbocycles. The average Bonchev–Trinajstić information content (AvgIpc) is 2.72. The Bertz CT molecular complexity index is 838. The molecule has 2 rings (SSSR count). The highest BCUT2D eigenvalue weighted by molar-refractivity contribution is 7.80. The number of thiocarbonyl (C=S) groups is 1. The maximum Gasteiger partial charge on any atom is 0.307 e. The van der Waals surface area contributed by atoms with E-state index in [9.17, 15) is 9.59 Å². The van der Waals surface area contributed by atoms with Crippen molar-refractivity contribution < 1.29 is 19.1 Å². The number of nitrogens with zero attached hydrogens (tertiary/aromatic N) is 1. The molecule has 0 spiro atoms. The summed E-state index contributed by atoms with van der Waals surface area (Å²) in [7, 11) is 0. The number of hydrogen-bond acceptors (Lipinski definition) is 5. The van der Waals surface area contributed by atoms with Gasteiger partial charge < -0.3 is 14.4 Å². The Kier molecular flexibility index (Phi) is 9.28. The molecule has 2 aromatic rings. The van der Waals surface area contributed by atoms with Gasteiger partial charge in [-0.15, -0.1) is 0 Å². The second-order valence-electron chi connectivity index (χ2n) is 6.91. The summed E-state index contributed by atoms with van der Waals surface area (Å²) in [5.41, 5.74) is 1.49. The molecule has 7 heteroatoms. The molecule has 0 aliphatic rings. The van der Waals surface area contributed by atoms with Crippen LogP contribution >= 0.6 is 12.2 Å². The van der Waals surface area contributed by atoms with Crippen molar-refractivity contribution in [1.29, 1.82) is 0 Å². The second-order valence-corrected chi connectivity index (χ2v) is 7.30. The molecular weight excluding hydrogens is 400 g/mol. The normalized spacial score (nSPS) is 10.4. The number of ether oxygens (including phenoxy) is 2. The van der Waals surface area contributed by atoms with Gasteiger partial charge in [0.1, 0.15) is 5.75 Å². The number of esters is 1. The summed E-state index contributed by atoms with van der Waals surface area (Å²) in [6.07, 6.45) is 0.237. The van der Waals surface area contributed by atoms with Crippen molar-refractivity contribution in [3.63, 3.8) is 0 Å². The third-order valence-corrected chi connectivity index (χ3v) is 4.46. The number of benzene rings is 2. The first-order chi connectivity index (χ1) is 14.4. The molecule has 6 nitrogen and oxygen atoms in total. The van der Waals surface area contributed by atoms with E-state index in [4.69, 9.17) is 21.7 Å². The first kappa shape index (κ1) is 23.3. The topological polar surface area (TPSA) is 67.9 Å². The summed E-state index contributed by atoms with van der Waals surface area (Å²) in [4.78, 5) is 26.2. The first-order valence-corrected chi connectivity index (χ1v) is 10.4. The molecule has 1 N–H and O–H groups in total. The summed E-state index contributed by atoms with van der Waals surface area (Å²) in [5.74, 6) is 0.0833. The Morgan fingerprint density at radius 1 is 1.07 bits per heavy atom. The third kappa shape index (κ3) is 7.83. The van der Waals surface area contributed by atoms with Gasteiger partial charge in [0, 0.05) is 18.7 Å². The fourth-order valence-electron chi connectivity index (χ4n) is 2.72. The van der Waals surface area contributed by atoms with Gasteiger partial charge in [0.05, 0.1) is 19.1 Å². The lowest BCUT2D eigenvalue weighted by atomic mass is 10.2. The highest BCUT2D eigenvalue weighted by atomic mass is 32.1. The lowest BCUT2D eigenvalue weighted by molar-refractivity contribution is -0.143. The van der Waals surface area contributed by atoms with Gasteiger partial charge in [0.2, 0.25) is 0 Å². The summed E-state index contributed by atoms with van der Waals surface area (Å²) < 4.78 is 10.6. The lowest BCUT2D eigenvalue weighted by Crippen LogP contribution is -2.43. The maximum atomic E-state index is 12.6. The Morgan fingerprint density at radius 2 is 1.73 bits per heavy atom. The first-order valence-electron chi connectivity index (χ1n) is 9.95. The predicted octanol–water partition coefficient (Wildman–Crippen LogP) is 3.94. The van der Waals surface area contributed by atoms with E-state index >= 15 is 0 Å². The molecule has 2 aromatic carbocycles. The van der Waals surface area contributed by atoms with Crippen LogP contribution in [0.15, 0.2) is 54.6 Å². The van der Waals surface area contributed by atoms with Gasteiger partial charge in [0.15, 0.2) is 5.11 Å². The van der Waals surface area contributed by atoms with Crippen LogP contribution in [0.2, 0.25) is 0 Å². The Balaban J connectivity index is 2.04. The van der Waals surface area contributed by atoms with Crippen molar-refractivity contribution in [1.82, 2.24) is 10.2 Å². The van der Waals surface area contributed by atoms with Gasteiger partial charge in [-0.3, -0.25) is 14.9 Å². The highest BCUT2D eigenvalue weighted by Crippen LogP contribution is 2.14. The number of nitrogens with one attached hydrogen (secondary N) is 1. The number of hydrogen-bond donors (Lipinski definition) is 1. The summed E-state index contributed by atoms with van der Waals surface area (Å²) in [6, 6.07) is 16.6. The van der Waals surface area contributed by atoms with Gasteiger partial charge in [-0.25, -0.2) is 0 Å². The molecule has 0 atom stereocenters. The molecule has 0 radical (unpaired) electrons. The zero-order valence-electron chi connectivity index (χ0n) is 17.6. The molecule has 0 bridgehead atoms. The van der Waals surface area contributed by atoms with E-state index in [0.717, 1.165) is 5.56 Å². The fraction of sp³-hybridized carbons (Fsp3) is 0.348. The Morgan fingerprint density at radius 3 is 2.33 bits per heavy atom. The second kappa shape index (κ2) is 11.9. The van der Waals surface area contributed by atoms with E-state index in [0.29, 0.717) is 31.0 Å². The van der Waals surface area contributed by atoms with Crippen LogP contribution in [0.3, 0.4) is 0 Å². The molecule has 0 saturated heterocycles. The van der Waals surface area contributed by atoms with E-state index in [2.05, 4.69) is 5.32 Å². The molecule has 0 heterocycles. The van der Waals surface area contributed by atoms with Crippen LogP contribution in [0.5, 0.6) is 5.75 Å². The smallest absolute Gasteiger partial charge is 0.307 e. The van der Waals surface area contributed by atoms with Gasteiger partial charge in [-0.2, -0.15) is 0 Å². The molecule has 0 aromatic heterocycles. The van der Waals surface area contributed by atoms with Crippen LogP contribution in [0.1, 0.15) is 43.1 Å². The van der Waals surface area contributed by atoms with Crippen molar-refractivity contribution in [3.05, 3.63) is 65.7 Å². The van der Waals surface area contributed by atoms with Gasteiger partial charge in [0.25, 0.3) is 5.91 Å². The Hall–Kier alpha value is -2.93. The maximum absolute atomic E-state index is 12.6. The summed E-state index contributed by atoms with van der Waals surface area (Å²) in [5, 5.41) is 3.02. The number of amides is 1. The molecule has 30 heavy (non-hydrogen) atoms. The van der Waals surface area contributed by atoms with Crippen molar-refractivity contribution in [2.45, 2.75) is 39.8 Å². The van der Waals surface area contributed by atoms with E-state index in [1.807, 2.05) is 44.2 Å². The van der Waals surface area contributed by atoms with Crippen LogP contribution in [0.4, 0.5) is 0 Å². The zero-order valence-corrected chi connectivity index (χ0v) is 18.4. The van der Waals surface area contributed by atoms with E-state index in [-0.39, 0.29) is 29.5 Å². The summed E-state index contributed by atoms with van der Waals surface area (Å²) in [6.45, 7) is 6.79. The monoisotopic (exact) mass is 428 g/mol. The lowest BCUT2D eigenvalue weighted by Gasteiger charge is -2.25. The van der Waals surface area contributed by atoms with Crippen molar-refractivity contribution >= 4 is 29.2 Å². The molecule has 1 amide bonds. The average molecular weight is 429 g/mol. The molecule has 160 valence electrons. The van der Waals surface area contributed by atoms with Crippen molar-refractivity contribution in [3.8, 4) is 5.75 Å². The molecule has 0 aliphatic heterocycles. The molecule has 0 fully saturated rings. The third-order valence-electron chi connectivity index (χ3n) is 4.10. The quantitative estimate of drug-likeness (QED) is 0.482. The minimum Gasteiger partial charge on any atom is -0.491 e. The molecule has 0 aliphatic carbocycles. The minimum atomic E-state index is -0.315. The van der Waals surface area contributed by atoms with Crippen molar-refractivity contribution in [2.75, 3.05) is 13.2 Å². The number of rotatable bonds is 9. The zero-order chi connectivity index (χ0) is 21.9. The van der Waals surface area contributed by atoms with Crippen LogP contribution in [0.25, 0.3) is 0 Å². The van der Waals surface area contributed by atoms with Gasteiger partial charge >= 0.3 is 5.97 Å². The van der Waals surface area contributed by atoms with E-state index in [1.54, 1.807) is 36.1 Å². The SMILES string of the molecule is CCOC(=O)CCN(Cc1ccccc1)C(=S)NC(=O)c1ccc(OC(C)C)cc1. The van der Waals surface area contributed by atoms with Gasteiger partial charge in [-0.05, 0) is 62.8 Å². The number of carbonyl (C=O) groups excluding carboxylic acids is 2. The highest BCUT2D eigenvalue weighted by Gasteiger charge is 2.16. The van der Waals surface area contributed by atoms with E-state index < -0.39 is 0 Å². The molecule has 0 unspecified atom stereocenters. The van der Waals surface area contributed by atoms with Crippen LogP contribution in [-0.4, -0.2) is 41.1 Å². The minimum absolute atomic E-state index is 0.0585. The van der Waals surface area contributed by atoms with Crippen LogP contribution in [-0.2, 0) is 16.1 Å². The predicted molar refractivity (Wildman–Crippen MR) is 120 cm³/mol. The van der Waals surface area contributed by atoms with Crippen LogP contribution in [0, 0.1) is 0 Å².